The number of carbonyl (C=O) groups excluding carboxylic acids is 1. The maximum atomic E-state index is 13.0. The maximum Gasteiger partial charge on any atom is 0.231 e. The fourth-order valence-electron chi connectivity index (χ4n) is 4.62. The first-order valence-corrected chi connectivity index (χ1v) is 10.3. The molecule has 2 aliphatic heterocycles. The van der Waals surface area contributed by atoms with E-state index < -0.39 is 0 Å². The number of fused-ring (bicyclic) bond motifs is 2. The van der Waals surface area contributed by atoms with E-state index in [0.29, 0.717) is 29.8 Å². The van der Waals surface area contributed by atoms with Gasteiger partial charge in [-0.1, -0.05) is 25.0 Å². The normalized spacial score (nSPS) is 20.3. The average Bonchev–Trinajstić information content (AvgIpc) is 3.38. The summed E-state index contributed by atoms with van der Waals surface area (Å²) in [6.45, 7) is 3.42. The highest BCUT2D eigenvalue weighted by molar-refractivity contribution is 6.15. The standard InChI is InChI=1S/C24H25NO4/c1-15-23-17(13-25(14-28-23)18-5-3-4-6-18)12-20-22(26)21(29-24(15)20)11-16-7-9-19(27-2)10-8-16/h7-12,18H,3-6,13-14H2,1-2H3/b21-11-. The molecule has 0 spiro atoms. The first-order valence-electron chi connectivity index (χ1n) is 10.3. The Labute approximate surface area is 170 Å². The molecule has 1 aliphatic carbocycles. The Bertz CT molecular complexity index is 987. The molecule has 150 valence electrons. The molecular formula is C24H25NO4. The number of nitrogens with zero attached hydrogens (tertiary/aromatic N) is 1. The molecule has 1 fully saturated rings. The molecule has 2 aromatic carbocycles. The van der Waals surface area contributed by atoms with Crippen molar-refractivity contribution in [3.05, 3.63) is 58.3 Å². The number of rotatable bonds is 3. The number of ketones is 1. The van der Waals surface area contributed by atoms with E-state index in [1.807, 2.05) is 37.3 Å². The summed E-state index contributed by atoms with van der Waals surface area (Å²) in [5.41, 5.74) is 3.53. The maximum absolute atomic E-state index is 13.0. The Morgan fingerprint density at radius 1 is 1.14 bits per heavy atom. The lowest BCUT2D eigenvalue weighted by Gasteiger charge is -2.34. The molecule has 0 unspecified atom stereocenters. The summed E-state index contributed by atoms with van der Waals surface area (Å²) in [7, 11) is 1.63. The minimum atomic E-state index is -0.0697. The summed E-state index contributed by atoms with van der Waals surface area (Å²) in [5.74, 6) is 2.56. The Morgan fingerprint density at radius 3 is 2.62 bits per heavy atom. The van der Waals surface area contributed by atoms with Crippen LogP contribution in [0.25, 0.3) is 6.08 Å². The number of benzene rings is 2. The van der Waals surface area contributed by atoms with Gasteiger partial charge in [-0.2, -0.15) is 0 Å². The van der Waals surface area contributed by atoms with Crippen molar-refractivity contribution in [3.63, 3.8) is 0 Å². The molecular weight excluding hydrogens is 366 g/mol. The summed E-state index contributed by atoms with van der Waals surface area (Å²) < 4.78 is 17.3. The highest BCUT2D eigenvalue weighted by Gasteiger charge is 2.35. The van der Waals surface area contributed by atoms with Crippen molar-refractivity contribution in [2.45, 2.75) is 45.2 Å². The van der Waals surface area contributed by atoms with Gasteiger partial charge in [0.2, 0.25) is 5.78 Å². The molecule has 0 aromatic heterocycles. The van der Waals surface area contributed by atoms with E-state index >= 15 is 0 Å². The number of allylic oxidation sites excluding steroid dienone is 1. The van der Waals surface area contributed by atoms with Gasteiger partial charge in [0.15, 0.2) is 5.76 Å². The summed E-state index contributed by atoms with van der Waals surface area (Å²) in [6, 6.07) is 10.1. The van der Waals surface area contributed by atoms with Crippen molar-refractivity contribution < 1.29 is 19.0 Å². The zero-order chi connectivity index (χ0) is 20.0. The molecule has 0 amide bonds. The van der Waals surface area contributed by atoms with Gasteiger partial charge in [-0.05, 0) is 49.6 Å². The number of ether oxygens (including phenoxy) is 3. The van der Waals surface area contributed by atoms with Crippen LogP contribution in [0.2, 0.25) is 0 Å². The van der Waals surface area contributed by atoms with Gasteiger partial charge in [0.1, 0.15) is 24.0 Å². The minimum absolute atomic E-state index is 0.0697. The van der Waals surface area contributed by atoms with Crippen LogP contribution in [0.5, 0.6) is 17.2 Å². The summed E-state index contributed by atoms with van der Waals surface area (Å²) >= 11 is 0. The number of Topliss-reactive ketones (excluding diaryl/α,β-unsaturated/α-hetero) is 1. The fraction of sp³-hybridized carbons (Fsp3) is 0.375. The topological polar surface area (TPSA) is 48.0 Å². The Balaban J connectivity index is 1.44. The van der Waals surface area contributed by atoms with Crippen LogP contribution in [0.3, 0.4) is 0 Å². The van der Waals surface area contributed by atoms with E-state index in [0.717, 1.165) is 34.7 Å². The third-order valence-corrected chi connectivity index (χ3v) is 6.22. The second kappa shape index (κ2) is 7.23. The van der Waals surface area contributed by atoms with Crippen LogP contribution >= 0.6 is 0 Å². The summed E-state index contributed by atoms with van der Waals surface area (Å²) in [4.78, 5) is 15.4. The van der Waals surface area contributed by atoms with Gasteiger partial charge in [-0.25, -0.2) is 0 Å². The van der Waals surface area contributed by atoms with E-state index in [2.05, 4.69) is 4.90 Å². The summed E-state index contributed by atoms with van der Waals surface area (Å²) in [5, 5.41) is 0. The second-order valence-electron chi connectivity index (χ2n) is 8.04. The molecule has 0 atom stereocenters. The van der Waals surface area contributed by atoms with Crippen LogP contribution in [0.15, 0.2) is 36.1 Å². The van der Waals surface area contributed by atoms with Gasteiger partial charge in [0.25, 0.3) is 0 Å². The third-order valence-electron chi connectivity index (χ3n) is 6.22. The molecule has 0 radical (unpaired) electrons. The fourth-order valence-corrected chi connectivity index (χ4v) is 4.62. The van der Waals surface area contributed by atoms with E-state index in [4.69, 9.17) is 14.2 Å². The predicted octanol–water partition coefficient (Wildman–Crippen LogP) is 4.71. The lowest BCUT2D eigenvalue weighted by Crippen LogP contribution is -2.39. The molecule has 5 nitrogen and oxygen atoms in total. The van der Waals surface area contributed by atoms with E-state index in [9.17, 15) is 4.79 Å². The van der Waals surface area contributed by atoms with Crippen LogP contribution in [0.4, 0.5) is 0 Å². The summed E-state index contributed by atoms with van der Waals surface area (Å²) in [6.07, 6.45) is 6.84. The first-order chi connectivity index (χ1) is 14.1. The van der Waals surface area contributed by atoms with Gasteiger partial charge < -0.3 is 14.2 Å². The first kappa shape index (κ1) is 18.3. The molecule has 5 rings (SSSR count). The number of carbonyl (C=O) groups is 1. The minimum Gasteiger partial charge on any atom is -0.497 e. The van der Waals surface area contributed by atoms with Crippen LogP contribution in [0.1, 0.15) is 52.7 Å². The molecule has 1 saturated carbocycles. The van der Waals surface area contributed by atoms with Gasteiger partial charge in [0.05, 0.1) is 12.7 Å². The average molecular weight is 391 g/mol. The lowest BCUT2D eigenvalue weighted by atomic mass is 9.99. The molecule has 0 N–H and O–H groups in total. The highest BCUT2D eigenvalue weighted by Crippen LogP contribution is 2.44. The Hall–Kier alpha value is -2.79. The van der Waals surface area contributed by atoms with Gasteiger partial charge in [0, 0.05) is 23.7 Å². The Morgan fingerprint density at radius 2 is 1.90 bits per heavy atom. The third kappa shape index (κ3) is 3.19. The monoisotopic (exact) mass is 391 g/mol. The zero-order valence-electron chi connectivity index (χ0n) is 16.9. The SMILES string of the molecule is COc1ccc(/C=C2\Oc3c(cc4c(c3C)OCN(C3CCCC3)C4)C2=O)cc1. The van der Waals surface area contributed by atoms with Crippen molar-refractivity contribution in [1.29, 1.82) is 0 Å². The predicted molar refractivity (Wildman–Crippen MR) is 110 cm³/mol. The number of hydrogen-bond donors (Lipinski definition) is 0. The van der Waals surface area contributed by atoms with Crippen LogP contribution in [0, 0.1) is 6.92 Å². The van der Waals surface area contributed by atoms with Crippen molar-refractivity contribution in [3.8, 4) is 17.2 Å². The number of methoxy groups -OCH3 is 1. The second-order valence-corrected chi connectivity index (χ2v) is 8.04. The van der Waals surface area contributed by atoms with Crippen molar-refractivity contribution in [2.24, 2.45) is 0 Å². The van der Waals surface area contributed by atoms with E-state index in [-0.39, 0.29) is 5.78 Å². The van der Waals surface area contributed by atoms with E-state index in [1.54, 1.807) is 13.2 Å². The van der Waals surface area contributed by atoms with Crippen molar-refractivity contribution >= 4 is 11.9 Å². The molecule has 3 aliphatic rings. The molecule has 0 bridgehead atoms. The van der Waals surface area contributed by atoms with Crippen LogP contribution < -0.4 is 14.2 Å². The van der Waals surface area contributed by atoms with E-state index in [1.165, 1.54) is 25.7 Å². The molecule has 2 heterocycles. The molecule has 29 heavy (non-hydrogen) atoms. The quantitative estimate of drug-likeness (QED) is 0.709. The van der Waals surface area contributed by atoms with Gasteiger partial charge >= 0.3 is 0 Å². The van der Waals surface area contributed by atoms with Crippen LogP contribution in [-0.4, -0.2) is 30.6 Å². The Kier molecular flexibility index (Phi) is 4.55. The molecule has 2 aromatic rings. The van der Waals surface area contributed by atoms with Crippen molar-refractivity contribution in [2.75, 3.05) is 13.8 Å². The lowest BCUT2D eigenvalue weighted by molar-refractivity contribution is 0.0570. The number of hydrogen-bond acceptors (Lipinski definition) is 5. The smallest absolute Gasteiger partial charge is 0.231 e. The molecule has 0 saturated heterocycles. The highest BCUT2D eigenvalue weighted by atomic mass is 16.5. The zero-order valence-corrected chi connectivity index (χ0v) is 16.9. The molecule has 5 heteroatoms. The van der Waals surface area contributed by atoms with Crippen LogP contribution in [-0.2, 0) is 6.54 Å². The van der Waals surface area contributed by atoms with Gasteiger partial charge in [-0.15, -0.1) is 0 Å². The van der Waals surface area contributed by atoms with Crippen molar-refractivity contribution in [1.82, 2.24) is 4.90 Å². The largest absolute Gasteiger partial charge is 0.497 e. The van der Waals surface area contributed by atoms with Gasteiger partial charge in [-0.3, -0.25) is 9.69 Å².